The maximum Gasteiger partial charge on any atom is 0.257 e. The van der Waals surface area contributed by atoms with Crippen molar-refractivity contribution in [3.05, 3.63) is 64.5 Å². The van der Waals surface area contributed by atoms with Crippen LogP contribution in [0.5, 0.6) is 5.75 Å². The lowest BCUT2D eigenvalue weighted by Gasteiger charge is -2.36. The molecule has 1 saturated carbocycles. The number of nitrogens with one attached hydrogen (secondary N) is 1. The molecule has 1 N–H and O–H groups in total. The summed E-state index contributed by atoms with van der Waals surface area (Å²) in [5.41, 5.74) is 4.27. The zero-order chi connectivity index (χ0) is 28.9. The molecule has 7 nitrogen and oxygen atoms in total. The van der Waals surface area contributed by atoms with Gasteiger partial charge in [-0.2, -0.15) is 0 Å². The van der Waals surface area contributed by atoms with E-state index in [0.717, 1.165) is 42.9 Å². The summed E-state index contributed by atoms with van der Waals surface area (Å²) < 4.78 is 5.94. The summed E-state index contributed by atoms with van der Waals surface area (Å²) in [5, 5.41) is 5.47. The fourth-order valence-electron chi connectivity index (χ4n) is 6.83. The van der Waals surface area contributed by atoms with Gasteiger partial charge in [0.05, 0.1) is 12.3 Å². The molecule has 3 aromatic rings. The first kappa shape index (κ1) is 28.9. The SMILES string of the molecule is CCOc1ccc(C2CCCCC2)cc1-c1csc(NC(=O)c2ccc(C(=O)N3CCC(N4CCCC4)CC3)cc2)n1. The minimum Gasteiger partial charge on any atom is -0.493 e. The van der Waals surface area contributed by atoms with E-state index in [2.05, 4.69) is 28.4 Å². The molecule has 1 aromatic heterocycles. The van der Waals surface area contributed by atoms with Crippen molar-refractivity contribution in [1.29, 1.82) is 0 Å². The summed E-state index contributed by atoms with van der Waals surface area (Å²) in [7, 11) is 0. The first-order chi connectivity index (χ1) is 20.6. The normalized spacial score (nSPS) is 18.7. The van der Waals surface area contributed by atoms with E-state index in [1.807, 2.05) is 17.2 Å². The first-order valence-corrected chi connectivity index (χ1v) is 16.6. The van der Waals surface area contributed by atoms with Gasteiger partial charge in [-0.3, -0.25) is 14.9 Å². The number of rotatable bonds is 8. The molecule has 2 amide bonds. The number of carbonyl (C=O) groups excluding carboxylic acids is 2. The highest BCUT2D eigenvalue weighted by Crippen LogP contribution is 2.39. The fraction of sp³-hybridized carbons (Fsp3) is 0.500. The van der Waals surface area contributed by atoms with Crippen molar-refractivity contribution in [3.63, 3.8) is 0 Å². The quantitative estimate of drug-likeness (QED) is 0.302. The Morgan fingerprint density at radius 1 is 0.905 bits per heavy atom. The fourth-order valence-corrected chi connectivity index (χ4v) is 7.54. The van der Waals surface area contributed by atoms with E-state index in [9.17, 15) is 9.59 Å². The van der Waals surface area contributed by atoms with Crippen LogP contribution in [-0.2, 0) is 0 Å². The van der Waals surface area contributed by atoms with E-state index in [1.165, 1.54) is 74.9 Å². The third kappa shape index (κ3) is 6.55. The smallest absolute Gasteiger partial charge is 0.257 e. The highest BCUT2D eigenvalue weighted by molar-refractivity contribution is 7.14. The molecule has 2 aromatic carbocycles. The van der Waals surface area contributed by atoms with Gasteiger partial charge >= 0.3 is 0 Å². The number of carbonyl (C=O) groups is 2. The number of piperidine rings is 1. The third-order valence-electron chi connectivity index (χ3n) is 9.18. The van der Waals surface area contributed by atoms with Gasteiger partial charge in [-0.05, 0) is 106 Å². The number of amides is 2. The number of nitrogens with zero attached hydrogens (tertiary/aromatic N) is 3. The number of ether oxygens (including phenoxy) is 1. The average Bonchev–Trinajstić information content (AvgIpc) is 3.75. The van der Waals surface area contributed by atoms with Crippen LogP contribution in [0, 0.1) is 0 Å². The Kier molecular flexibility index (Phi) is 9.20. The summed E-state index contributed by atoms with van der Waals surface area (Å²) in [4.78, 5) is 35.5. The highest BCUT2D eigenvalue weighted by Gasteiger charge is 2.29. The number of aromatic nitrogens is 1. The number of hydrogen-bond acceptors (Lipinski definition) is 6. The number of anilines is 1. The predicted octanol–water partition coefficient (Wildman–Crippen LogP) is 7.21. The molecule has 8 heteroatoms. The van der Waals surface area contributed by atoms with Crippen molar-refractivity contribution >= 4 is 28.3 Å². The highest BCUT2D eigenvalue weighted by atomic mass is 32.1. The molecule has 0 unspecified atom stereocenters. The van der Waals surface area contributed by atoms with Gasteiger partial charge < -0.3 is 14.5 Å². The lowest BCUT2D eigenvalue weighted by molar-refractivity contribution is 0.0644. The molecular formula is C34H42N4O3S. The van der Waals surface area contributed by atoms with Crippen molar-refractivity contribution in [3.8, 4) is 17.0 Å². The monoisotopic (exact) mass is 586 g/mol. The van der Waals surface area contributed by atoms with Crippen LogP contribution >= 0.6 is 11.3 Å². The van der Waals surface area contributed by atoms with Gasteiger partial charge in [-0.15, -0.1) is 11.3 Å². The maximum atomic E-state index is 13.1. The Morgan fingerprint density at radius 2 is 1.62 bits per heavy atom. The zero-order valence-corrected chi connectivity index (χ0v) is 25.5. The molecule has 222 valence electrons. The number of likely N-dealkylation sites (tertiary alicyclic amines) is 2. The van der Waals surface area contributed by atoms with E-state index in [4.69, 9.17) is 9.72 Å². The molecule has 3 heterocycles. The molecule has 2 saturated heterocycles. The van der Waals surface area contributed by atoms with Gasteiger partial charge in [0.25, 0.3) is 11.8 Å². The van der Waals surface area contributed by atoms with Crippen LogP contribution in [0.25, 0.3) is 11.3 Å². The van der Waals surface area contributed by atoms with E-state index in [0.29, 0.717) is 34.8 Å². The summed E-state index contributed by atoms with van der Waals surface area (Å²) in [5.74, 6) is 1.22. The van der Waals surface area contributed by atoms with Crippen LogP contribution in [0.2, 0.25) is 0 Å². The number of hydrogen-bond donors (Lipinski definition) is 1. The minimum absolute atomic E-state index is 0.0481. The van der Waals surface area contributed by atoms with Crippen molar-refractivity contribution in [2.75, 3.05) is 38.1 Å². The second-order valence-corrected chi connectivity index (χ2v) is 12.7. The minimum atomic E-state index is -0.234. The van der Waals surface area contributed by atoms with E-state index in [-0.39, 0.29) is 11.8 Å². The zero-order valence-electron chi connectivity index (χ0n) is 24.6. The lowest BCUT2D eigenvalue weighted by atomic mass is 9.83. The van der Waals surface area contributed by atoms with E-state index in [1.54, 1.807) is 24.3 Å². The topological polar surface area (TPSA) is 74.8 Å². The molecule has 3 aliphatic rings. The second kappa shape index (κ2) is 13.4. The van der Waals surface area contributed by atoms with Crippen LogP contribution in [0.3, 0.4) is 0 Å². The van der Waals surface area contributed by atoms with Gasteiger partial charge in [0.15, 0.2) is 5.13 Å². The van der Waals surface area contributed by atoms with Gasteiger partial charge in [-0.1, -0.05) is 25.3 Å². The van der Waals surface area contributed by atoms with E-state index < -0.39 is 0 Å². The van der Waals surface area contributed by atoms with Crippen molar-refractivity contribution in [2.45, 2.75) is 76.7 Å². The molecular weight excluding hydrogens is 544 g/mol. The van der Waals surface area contributed by atoms with Gasteiger partial charge in [0.2, 0.25) is 0 Å². The molecule has 2 aliphatic heterocycles. The largest absolute Gasteiger partial charge is 0.493 e. The molecule has 0 bridgehead atoms. The molecule has 0 spiro atoms. The Hall–Kier alpha value is -3.23. The number of thiazole rings is 1. The summed E-state index contributed by atoms with van der Waals surface area (Å²) in [6.07, 6.45) is 11.0. The van der Waals surface area contributed by atoms with Crippen LogP contribution < -0.4 is 10.1 Å². The molecule has 3 fully saturated rings. The molecule has 0 atom stereocenters. The molecule has 6 rings (SSSR count). The van der Waals surface area contributed by atoms with Crippen LogP contribution in [0.4, 0.5) is 5.13 Å². The van der Waals surface area contributed by atoms with Crippen LogP contribution in [0.15, 0.2) is 47.8 Å². The number of benzene rings is 2. The predicted molar refractivity (Wildman–Crippen MR) is 169 cm³/mol. The molecule has 42 heavy (non-hydrogen) atoms. The van der Waals surface area contributed by atoms with Crippen molar-refractivity contribution in [1.82, 2.24) is 14.8 Å². The summed E-state index contributed by atoms with van der Waals surface area (Å²) >= 11 is 1.41. The van der Waals surface area contributed by atoms with Crippen molar-refractivity contribution < 1.29 is 14.3 Å². The Morgan fingerprint density at radius 3 is 2.33 bits per heavy atom. The Bertz CT molecular complexity index is 1370. The van der Waals surface area contributed by atoms with Crippen LogP contribution in [-0.4, -0.2) is 65.4 Å². The molecule has 1 aliphatic carbocycles. The van der Waals surface area contributed by atoms with Gasteiger partial charge in [-0.25, -0.2) is 4.98 Å². The van der Waals surface area contributed by atoms with Gasteiger partial charge in [0, 0.05) is 41.2 Å². The van der Waals surface area contributed by atoms with Gasteiger partial charge in [0.1, 0.15) is 5.75 Å². The lowest BCUT2D eigenvalue weighted by Crippen LogP contribution is -2.45. The maximum absolute atomic E-state index is 13.1. The second-order valence-electron chi connectivity index (χ2n) is 11.9. The Labute approximate surface area is 253 Å². The van der Waals surface area contributed by atoms with E-state index >= 15 is 0 Å². The first-order valence-electron chi connectivity index (χ1n) is 15.8. The standard InChI is InChI=1S/C34H42N4O3S/c1-2-41-31-15-14-27(24-8-4-3-5-9-24)22-29(31)30-23-42-34(35-30)36-32(39)25-10-12-26(13-11-25)33(40)38-20-16-28(17-21-38)37-18-6-7-19-37/h10-15,22-24,28H,2-9,16-21H2,1H3,(H,35,36,39). The molecule has 0 radical (unpaired) electrons. The Balaban J connectivity index is 1.08. The summed E-state index contributed by atoms with van der Waals surface area (Å²) in [6, 6.07) is 14.1. The third-order valence-corrected chi connectivity index (χ3v) is 9.94. The van der Waals surface area contributed by atoms with Crippen LogP contribution in [0.1, 0.15) is 96.9 Å². The average molecular weight is 587 g/mol. The van der Waals surface area contributed by atoms with Crippen molar-refractivity contribution in [2.24, 2.45) is 0 Å². The summed E-state index contributed by atoms with van der Waals surface area (Å²) in [6.45, 7) is 6.56.